The van der Waals surface area contributed by atoms with Crippen LogP contribution in [0.25, 0.3) is 0 Å². The summed E-state index contributed by atoms with van der Waals surface area (Å²) in [6, 6.07) is 16.8. The van der Waals surface area contributed by atoms with Crippen molar-refractivity contribution in [3.8, 4) is 11.5 Å². The van der Waals surface area contributed by atoms with Crippen LogP contribution in [-0.2, 0) is 27.7 Å². The molecule has 0 radical (unpaired) electrons. The zero-order valence-corrected chi connectivity index (χ0v) is 23.4. The third-order valence-corrected chi connectivity index (χ3v) is 8.89. The summed E-state index contributed by atoms with van der Waals surface area (Å²) < 4.78 is 39.3. The summed E-state index contributed by atoms with van der Waals surface area (Å²) >= 11 is 6.05. The maximum atomic E-state index is 13.8. The topological polar surface area (TPSA) is 84.9 Å². The smallest absolute Gasteiger partial charge is 0.264 e. The van der Waals surface area contributed by atoms with Crippen LogP contribution in [0.1, 0.15) is 48.9 Å². The zero-order chi connectivity index (χ0) is 27.3. The van der Waals surface area contributed by atoms with Crippen molar-refractivity contribution >= 4 is 33.2 Å². The molecule has 0 saturated carbocycles. The average molecular weight is 557 g/mol. The molecule has 0 aliphatic heterocycles. The number of sulfonamides is 1. The first-order chi connectivity index (χ1) is 18.3. The van der Waals surface area contributed by atoms with Gasteiger partial charge in [0, 0.05) is 11.1 Å². The molecule has 1 aliphatic carbocycles. The van der Waals surface area contributed by atoms with Crippen LogP contribution in [0.4, 0.5) is 5.69 Å². The van der Waals surface area contributed by atoms with Crippen LogP contribution in [-0.4, -0.2) is 35.1 Å². The summed E-state index contributed by atoms with van der Waals surface area (Å²) in [7, 11) is -1.23. The Morgan fingerprint density at radius 1 is 0.947 bits per heavy atom. The number of anilines is 1. The highest BCUT2D eigenvalue weighted by Gasteiger charge is 2.29. The normalized spacial score (nSPS) is 13.8. The minimum Gasteiger partial charge on any atom is -0.493 e. The van der Waals surface area contributed by atoms with E-state index in [0.717, 1.165) is 22.7 Å². The molecule has 3 aromatic carbocycles. The molecule has 3 aromatic rings. The number of methoxy groups -OCH3 is 2. The molecule has 9 heteroatoms. The molecule has 1 atom stereocenters. The Bertz CT molecular complexity index is 1390. The molecule has 0 fully saturated rings. The van der Waals surface area contributed by atoms with Gasteiger partial charge in [0.15, 0.2) is 11.5 Å². The second kappa shape index (κ2) is 12.1. The molecule has 1 amide bonds. The van der Waals surface area contributed by atoms with Crippen molar-refractivity contribution in [1.82, 2.24) is 5.32 Å². The maximum Gasteiger partial charge on any atom is 0.264 e. The fourth-order valence-electron chi connectivity index (χ4n) is 4.79. The van der Waals surface area contributed by atoms with Gasteiger partial charge in [0.1, 0.15) is 6.54 Å². The number of fused-ring (bicyclic) bond motifs is 1. The summed E-state index contributed by atoms with van der Waals surface area (Å²) in [5.41, 5.74) is 4.06. The highest BCUT2D eigenvalue weighted by atomic mass is 35.5. The van der Waals surface area contributed by atoms with Gasteiger partial charge in [-0.3, -0.25) is 9.10 Å². The van der Waals surface area contributed by atoms with E-state index in [4.69, 9.17) is 21.1 Å². The minimum absolute atomic E-state index is 0.0281. The number of amides is 1. The number of aryl methyl sites for hydroxylation is 2. The van der Waals surface area contributed by atoms with Gasteiger partial charge in [-0.15, -0.1) is 0 Å². The van der Waals surface area contributed by atoms with Gasteiger partial charge in [0.05, 0.1) is 30.8 Å². The van der Waals surface area contributed by atoms with E-state index >= 15 is 0 Å². The Hall–Kier alpha value is -3.23. The molecule has 1 aliphatic rings. The lowest BCUT2D eigenvalue weighted by Crippen LogP contribution is -2.42. The largest absolute Gasteiger partial charge is 0.493 e. The fraction of sp³-hybridized carbons (Fsp3) is 0.345. The molecule has 202 valence electrons. The molecular formula is C29H33ClN2O5S. The van der Waals surface area contributed by atoms with Crippen LogP contribution < -0.4 is 19.1 Å². The van der Waals surface area contributed by atoms with Crippen molar-refractivity contribution in [2.24, 2.45) is 0 Å². The highest BCUT2D eigenvalue weighted by molar-refractivity contribution is 7.92. The lowest BCUT2D eigenvalue weighted by molar-refractivity contribution is -0.120. The lowest BCUT2D eigenvalue weighted by Gasteiger charge is -2.26. The van der Waals surface area contributed by atoms with Gasteiger partial charge >= 0.3 is 0 Å². The molecule has 4 rings (SSSR count). The van der Waals surface area contributed by atoms with E-state index < -0.39 is 22.5 Å². The summed E-state index contributed by atoms with van der Waals surface area (Å²) in [5, 5.41) is 3.51. The Morgan fingerprint density at radius 2 is 1.63 bits per heavy atom. The van der Waals surface area contributed by atoms with Gasteiger partial charge < -0.3 is 14.8 Å². The molecule has 0 heterocycles. The van der Waals surface area contributed by atoms with Crippen molar-refractivity contribution in [3.63, 3.8) is 0 Å². The third-order valence-electron chi connectivity index (χ3n) is 6.86. The third kappa shape index (κ3) is 6.08. The highest BCUT2D eigenvalue weighted by Crippen LogP contribution is 2.33. The van der Waals surface area contributed by atoms with E-state index in [-0.39, 0.29) is 16.7 Å². The van der Waals surface area contributed by atoms with Crippen LogP contribution >= 0.6 is 11.6 Å². The van der Waals surface area contributed by atoms with Crippen molar-refractivity contribution in [2.75, 3.05) is 25.1 Å². The van der Waals surface area contributed by atoms with Crippen molar-refractivity contribution < 1.29 is 22.7 Å². The Balaban J connectivity index is 1.62. The van der Waals surface area contributed by atoms with Gasteiger partial charge in [-0.05, 0) is 85.2 Å². The van der Waals surface area contributed by atoms with Gasteiger partial charge in [0.2, 0.25) is 5.91 Å². The van der Waals surface area contributed by atoms with Crippen molar-refractivity contribution in [3.05, 3.63) is 82.4 Å². The van der Waals surface area contributed by atoms with Gasteiger partial charge in [-0.1, -0.05) is 36.7 Å². The Labute approximate surface area is 229 Å². The molecule has 7 nitrogen and oxygen atoms in total. The molecule has 1 N–H and O–H groups in total. The number of nitrogens with one attached hydrogen (secondary N) is 1. The maximum absolute atomic E-state index is 13.8. The predicted molar refractivity (Wildman–Crippen MR) is 150 cm³/mol. The monoisotopic (exact) mass is 556 g/mol. The number of hydrogen-bond donors (Lipinski definition) is 1. The SMILES string of the molecule is CC[C@@H](NC(=O)CN(c1ccc(Cl)cc1)S(=O)(=O)c1ccc(OC)c(OC)c1)c1ccc2c(c1)CCCC2. The van der Waals surface area contributed by atoms with Gasteiger partial charge in [0.25, 0.3) is 10.0 Å². The molecular weight excluding hydrogens is 524 g/mol. The predicted octanol–water partition coefficient (Wildman–Crippen LogP) is 5.70. The van der Waals surface area contributed by atoms with Crippen LogP contribution in [0.2, 0.25) is 5.02 Å². The van der Waals surface area contributed by atoms with Crippen molar-refractivity contribution in [2.45, 2.75) is 50.0 Å². The molecule has 0 bridgehead atoms. The Morgan fingerprint density at radius 3 is 2.29 bits per heavy atom. The second-order valence-electron chi connectivity index (χ2n) is 9.27. The van der Waals surface area contributed by atoms with Crippen molar-refractivity contribution in [1.29, 1.82) is 0 Å². The first-order valence-electron chi connectivity index (χ1n) is 12.7. The Kier molecular flexibility index (Phi) is 8.84. The number of halogens is 1. The van der Waals surface area contributed by atoms with Gasteiger partial charge in [-0.25, -0.2) is 8.42 Å². The van der Waals surface area contributed by atoms with Gasteiger partial charge in [-0.2, -0.15) is 0 Å². The van der Waals surface area contributed by atoms with E-state index in [9.17, 15) is 13.2 Å². The van der Waals surface area contributed by atoms with Crippen LogP contribution in [0, 0.1) is 0 Å². The quantitative estimate of drug-likeness (QED) is 0.346. The summed E-state index contributed by atoms with van der Waals surface area (Å²) in [6.45, 7) is 1.60. The van der Waals surface area contributed by atoms with E-state index in [1.165, 1.54) is 56.4 Å². The number of rotatable bonds is 10. The number of carbonyl (C=O) groups excluding carboxylic acids is 1. The number of benzene rings is 3. The van der Waals surface area contributed by atoms with Crippen LogP contribution in [0.15, 0.2) is 65.6 Å². The fourth-order valence-corrected chi connectivity index (χ4v) is 6.35. The molecule has 0 unspecified atom stereocenters. The minimum atomic E-state index is -4.14. The first-order valence-corrected chi connectivity index (χ1v) is 14.5. The number of carbonyl (C=O) groups is 1. The van der Waals surface area contributed by atoms with E-state index in [1.54, 1.807) is 24.3 Å². The molecule has 0 spiro atoms. The van der Waals surface area contributed by atoms with E-state index in [2.05, 4.69) is 23.5 Å². The van der Waals surface area contributed by atoms with E-state index in [0.29, 0.717) is 22.9 Å². The standard InChI is InChI=1S/C29H33ClN2O5S/c1-4-26(22-10-9-20-7-5-6-8-21(20)17-22)31-29(33)19-32(24-13-11-23(30)12-14-24)38(34,35)25-15-16-27(36-2)28(18-25)37-3/h9-18,26H,4-8,19H2,1-3H3,(H,31,33)/t26-/m1/s1. The second-order valence-corrected chi connectivity index (χ2v) is 11.6. The molecule has 0 saturated heterocycles. The van der Waals surface area contributed by atoms with Crippen LogP contribution in [0.5, 0.6) is 11.5 Å². The average Bonchev–Trinajstić information content (AvgIpc) is 2.94. The molecule has 38 heavy (non-hydrogen) atoms. The first kappa shape index (κ1) is 27.8. The molecule has 0 aromatic heterocycles. The number of hydrogen-bond acceptors (Lipinski definition) is 5. The number of nitrogens with zero attached hydrogens (tertiary/aromatic N) is 1. The van der Waals surface area contributed by atoms with E-state index in [1.807, 2.05) is 6.92 Å². The summed E-state index contributed by atoms with van der Waals surface area (Å²) in [4.78, 5) is 13.3. The zero-order valence-electron chi connectivity index (χ0n) is 21.9. The summed E-state index contributed by atoms with van der Waals surface area (Å²) in [5.74, 6) is 0.263. The van der Waals surface area contributed by atoms with Crippen LogP contribution in [0.3, 0.4) is 0 Å². The summed E-state index contributed by atoms with van der Waals surface area (Å²) in [6.07, 6.45) is 5.18. The lowest BCUT2D eigenvalue weighted by atomic mass is 9.89. The number of ether oxygens (including phenoxy) is 2.